The van der Waals surface area contributed by atoms with Gasteiger partial charge in [-0.1, -0.05) is 54.7 Å². The van der Waals surface area contributed by atoms with E-state index < -0.39 is 0 Å². The lowest BCUT2D eigenvalue weighted by Gasteiger charge is -2.31. The highest BCUT2D eigenvalue weighted by Crippen LogP contribution is 2.37. The van der Waals surface area contributed by atoms with Crippen molar-refractivity contribution in [2.24, 2.45) is 16.8 Å². The molecule has 3 aliphatic rings. The van der Waals surface area contributed by atoms with Gasteiger partial charge in [0.05, 0.1) is 5.84 Å². The normalized spacial score (nSPS) is 28.5. The van der Waals surface area contributed by atoms with Crippen LogP contribution in [0.3, 0.4) is 0 Å². The molecule has 1 aliphatic heterocycles. The second-order valence-electron chi connectivity index (χ2n) is 9.62. The van der Waals surface area contributed by atoms with Gasteiger partial charge in [-0.2, -0.15) is 0 Å². The van der Waals surface area contributed by atoms with Crippen molar-refractivity contribution in [2.75, 3.05) is 13.6 Å². The van der Waals surface area contributed by atoms with Gasteiger partial charge in [0.15, 0.2) is 0 Å². The molecular formula is C29H47N3. The van der Waals surface area contributed by atoms with Crippen molar-refractivity contribution in [1.82, 2.24) is 10.6 Å². The molecule has 1 heterocycles. The topological polar surface area (TPSA) is 36.4 Å². The van der Waals surface area contributed by atoms with E-state index in [0.717, 1.165) is 29.8 Å². The summed E-state index contributed by atoms with van der Waals surface area (Å²) in [6.07, 6.45) is 27.2. The Morgan fingerprint density at radius 2 is 1.91 bits per heavy atom. The van der Waals surface area contributed by atoms with Crippen molar-refractivity contribution in [1.29, 1.82) is 0 Å². The van der Waals surface area contributed by atoms with E-state index in [1.54, 1.807) is 5.57 Å². The molecule has 0 aromatic heterocycles. The first-order valence-corrected chi connectivity index (χ1v) is 12.8. The first-order valence-electron chi connectivity index (χ1n) is 12.8. The predicted molar refractivity (Wildman–Crippen MR) is 142 cm³/mol. The predicted octanol–water partition coefficient (Wildman–Crippen LogP) is 6.91. The zero-order valence-corrected chi connectivity index (χ0v) is 21.1. The Kier molecular flexibility index (Phi) is 12.4. The van der Waals surface area contributed by atoms with Crippen molar-refractivity contribution in [2.45, 2.75) is 90.6 Å². The fourth-order valence-electron chi connectivity index (χ4n) is 5.04. The van der Waals surface area contributed by atoms with Gasteiger partial charge < -0.3 is 10.6 Å². The molecule has 0 aromatic rings. The quantitative estimate of drug-likeness (QED) is 0.258. The molecule has 0 bridgehead atoms. The lowest BCUT2D eigenvalue weighted by Crippen LogP contribution is -2.42. The third-order valence-electron chi connectivity index (χ3n) is 6.99. The molecule has 1 saturated carbocycles. The van der Waals surface area contributed by atoms with Crippen molar-refractivity contribution < 1.29 is 0 Å². The van der Waals surface area contributed by atoms with Crippen molar-refractivity contribution in [3.05, 3.63) is 60.3 Å². The number of amidine groups is 1. The van der Waals surface area contributed by atoms with Gasteiger partial charge in [-0.3, -0.25) is 4.99 Å². The summed E-state index contributed by atoms with van der Waals surface area (Å²) < 4.78 is 0. The molecule has 2 fully saturated rings. The van der Waals surface area contributed by atoms with E-state index in [2.05, 4.69) is 47.4 Å². The number of aliphatic imine (C=N–C) groups is 1. The lowest BCUT2D eigenvalue weighted by molar-refractivity contribution is 0.273. The summed E-state index contributed by atoms with van der Waals surface area (Å²) in [5, 5.41) is 7.29. The van der Waals surface area contributed by atoms with Gasteiger partial charge in [-0.05, 0) is 103 Å². The summed E-state index contributed by atoms with van der Waals surface area (Å²) in [6.45, 7) is 10.9. The summed E-state index contributed by atoms with van der Waals surface area (Å²) in [5.41, 5.74) is 2.72. The third-order valence-corrected chi connectivity index (χ3v) is 6.99. The lowest BCUT2D eigenvalue weighted by atomic mass is 9.75. The van der Waals surface area contributed by atoms with Crippen LogP contribution in [0.25, 0.3) is 0 Å². The zero-order valence-electron chi connectivity index (χ0n) is 21.1. The van der Waals surface area contributed by atoms with Gasteiger partial charge >= 0.3 is 0 Å². The van der Waals surface area contributed by atoms with Crippen LogP contribution in [0.4, 0.5) is 0 Å². The zero-order chi connectivity index (χ0) is 23.2. The highest BCUT2D eigenvalue weighted by Gasteiger charge is 2.29. The molecule has 178 valence electrons. The van der Waals surface area contributed by atoms with Crippen LogP contribution < -0.4 is 10.6 Å². The number of nitrogens with zero attached hydrogens (tertiary/aromatic N) is 1. The number of hydrogen-bond acceptors (Lipinski definition) is 2. The SMILES string of the molecule is C=C(C)/C=C\C=C/C.CN=C(C)NC1CCNC1CCC1CCC(C2=CCCC=C2)CC1. The molecular weight excluding hydrogens is 390 g/mol. The van der Waals surface area contributed by atoms with Crippen LogP contribution in [0.2, 0.25) is 0 Å². The van der Waals surface area contributed by atoms with E-state index in [1.165, 1.54) is 57.8 Å². The Labute approximate surface area is 197 Å². The van der Waals surface area contributed by atoms with E-state index in [-0.39, 0.29) is 0 Å². The molecule has 0 aromatic carbocycles. The van der Waals surface area contributed by atoms with Gasteiger partial charge in [-0.15, -0.1) is 0 Å². The molecule has 0 radical (unpaired) electrons. The molecule has 1 saturated heterocycles. The Morgan fingerprint density at radius 1 is 1.12 bits per heavy atom. The molecule has 0 spiro atoms. The van der Waals surface area contributed by atoms with Gasteiger partial charge in [-0.25, -0.2) is 0 Å². The Bertz CT molecular complexity index is 702. The standard InChI is InChI=1S/C21H35N3.C8H12/c1-16(22-2)24-21-14-15-23-20(21)13-10-17-8-11-19(12-9-17)18-6-4-3-5-7-18;1-4-5-6-7-8(2)3/h4,6-7,17,19-21,23H,3,5,8-15H2,1-2H3,(H,22,24);4-7H,2H2,1,3H3/b;5-4-,7-6-. The van der Waals surface area contributed by atoms with E-state index in [0.29, 0.717) is 12.1 Å². The van der Waals surface area contributed by atoms with E-state index >= 15 is 0 Å². The molecule has 3 rings (SSSR count). The second kappa shape index (κ2) is 15.1. The van der Waals surface area contributed by atoms with Crippen LogP contribution >= 0.6 is 0 Å². The highest BCUT2D eigenvalue weighted by atomic mass is 15.1. The van der Waals surface area contributed by atoms with E-state index in [4.69, 9.17) is 0 Å². The first-order chi connectivity index (χ1) is 15.5. The molecule has 2 atom stereocenters. The Balaban J connectivity index is 0.000000390. The minimum absolute atomic E-state index is 0.572. The van der Waals surface area contributed by atoms with E-state index in [1.807, 2.05) is 45.2 Å². The van der Waals surface area contributed by atoms with Crippen LogP contribution in [0.15, 0.2) is 65.2 Å². The van der Waals surface area contributed by atoms with Gasteiger partial charge in [0.2, 0.25) is 0 Å². The number of allylic oxidation sites excluding steroid dienone is 9. The van der Waals surface area contributed by atoms with Crippen LogP contribution in [-0.2, 0) is 0 Å². The smallest absolute Gasteiger partial charge is 0.0930 e. The van der Waals surface area contributed by atoms with Gasteiger partial charge in [0.25, 0.3) is 0 Å². The number of hydrogen-bond donors (Lipinski definition) is 2. The maximum Gasteiger partial charge on any atom is 0.0930 e. The molecule has 0 amide bonds. The average molecular weight is 438 g/mol. The van der Waals surface area contributed by atoms with Crippen molar-refractivity contribution >= 4 is 5.84 Å². The molecule has 3 nitrogen and oxygen atoms in total. The third kappa shape index (κ3) is 9.73. The second-order valence-corrected chi connectivity index (χ2v) is 9.62. The minimum atomic E-state index is 0.572. The number of nitrogens with one attached hydrogen (secondary N) is 2. The monoisotopic (exact) mass is 437 g/mol. The summed E-state index contributed by atoms with van der Waals surface area (Å²) in [5.74, 6) is 2.86. The van der Waals surface area contributed by atoms with Crippen LogP contribution in [0.1, 0.15) is 78.6 Å². The fraction of sp³-hybridized carbons (Fsp3) is 0.621. The van der Waals surface area contributed by atoms with Gasteiger partial charge in [0.1, 0.15) is 0 Å². The number of rotatable bonds is 7. The maximum absolute atomic E-state index is 4.26. The summed E-state index contributed by atoms with van der Waals surface area (Å²) in [7, 11) is 1.87. The molecule has 3 heteroatoms. The molecule has 32 heavy (non-hydrogen) atoms. The van der Waals surface area contributed by atoms with Crippen molar-refractivity contribution in [3.63, 3.8) is 0 Å². The molecule has 2 N–H and O–H groups in total. The summed E-state index contributed by atoms with van der Waals surface area (Å²) in [6, 6.07) is 1.20. The van der Waals surface area contributed by atoms with E-state index in [9.17, 15) is 0 Å². The summed E-state index contributed by atoms with van der Waals surface area (Å²) >= 11 is 0. The largest absolute Gasteiger partial charge is 0.370 e. The van der Waals surface area contributed by atoms with Crippen LogP contribution in [0, 0.1) is 11.8 Å². The summed E-state index contributed by atoms with van der Waals surface area (Å²) in [4.78, 5) is 4.26. The van der Waals surface area contributed by atoms with Gasteiger partial charge in [0, 0.05) is 19.1 Å². The fourth-order valence-corrected chi connectivity index (χ4v) is 5.04. The van der Waals surface area contributed by atoms with Crippen LogP contribution in [0.5, 0.6) is 0 Å². The minimum Gasteiger partial charge on any atom is -0.370 e. The van der Waals surface area contributed by atoms with Crippen LogP contribution in [-0.4, -0.2) is 31.5 Å². The maximum atomic E-state index is 4.26. The van der Waals surface area contributed by atoms with Crippen molar-refractivity contribution in [3.8, 4) is 0 Å². The highest BCUT2D eigenvalue weighted by molar-refractivity contribution is 5.79. The Morgan fingerprint density at radius 3 is 2.53 bits per heavy atom. The average Bonchev–Trinajstić information content (AvgIpc) is 3.25. The molecule has 2 aliphatic carbocycles. The molecule has 2 unspecified atom stereocenters. The first kappa shape index (κ1) is 26.4. The Hall–Kier alpha value is -1.87.